The van der Waals surface area contributed by atoms with Gasteiger partial charge in [0.1, 0.15) is 5.78 Å². The molecule has 0 aliphatic heterocycles. The lowest BCUT2D eigenvalue weighted by Crippen LogP contribution is -2.14. The summed E-state index contributed by atoms with van der Waals surface area (Å²) in [4.78, 5) is 12.2. The van der Waals surface area contributed by atoms with Crippen molar-refractivity contribution in [3.05, 3.63) is 0 Å². The van der Waals surface area contributed by atoms with E-state index in [-0.39, 0.29) is 0 Å². The first-order valence-electron chi connectivity index (χ1n) is 8.28. The molecule has 108 valence electrons. The Kier molecular flexibility index (Phi) is 12.9. The molecule has 0 aliphatic rings. The Bertz CT molecular complexity index is 186. The van der Waals surface area contributed by atoms with Crippen LogP contribution in [0, 0.1) is 5.92 Å². The van der Waals surface area contributed by atoms with Crippen molar-refractivity contribution in [2.24, 2.45) is 5.92 Å². The summed E-state index contributed by atoms with van der Waals surface area (Å²) < 4.78 is 0. The molecule has 0 aliphatic carbocycles. The molecule has 0 amide bonds. The van der Waals surface area contributed by atoms with Crippen LogP contribution in [-0.2, 0) is 4.79 Å². The van der Waals surface area contributed by atoms with E-state index in [4.69, 9.17) is 0 Å². The zero-order valence-corrected chi connectivity index (χ0v) is 13.0. The second-order valence-corrected chi connectivity index (χ2v) is 5.61. The Morgan fingerprint density at radius 3 is 1.89 bits per heavy atom. The van der Waals surface area contributed by atoms with E-state index in [0.717, 1.165) is 25.7 Å². The van der Waals surface area contributed by atoms with E-state index >= 15 is 0 Å². The molecule has 1 atom stereocenters. The summed E-state index contributed by atoms with van der Waals surface area (Å²) in [6, 6.07) is 0. The molecule has 0 aromatic heterocycles. The van der Waals surface area contributed by atoms with Gasteiger partial charge < -0.3 is 0 Å². The molecule has 0 saturated heterocycles. The molecule has 1 heteroatoms. The summed E-state index contributed by atoms with van der Waals surface area (Å²) >= 11 is 0. The molecule has 0 heterocycles. The smallest absolute Gasteiger partial charge is 0.135 e. The van der Waals surface area contributed by atoms with Crippen LogP contribution in [0.15, 0.2) is 0 Å². The molecule has 0 radical (unpaired) electrons. The first-order chi connectivity index (χ1) is 8.76. The van der Waals surface area contributed by atoms with Gasteiger partial charge in [0.15, 0.2) is 0 Å². The molecule has 0 bridgehead atoms. The predicted molar refractivity (Wildman–Crippen MR) is 80.9 cm³/mol. The van der Waals surface area contributed by atoms with E-state index in [1.165, 1.54) is 51.4 Å². The molecular weight excluding hydrogens is 220 g/mol. The normalized spacial score (nSPS) is 12.6. The van der Waals surface area contributed by atoms with Crippen LogP contribution in [0.1, 0.15) is 97.8 Å². The van der Waals surface area contributed by atoms with Crippen LogP contribution in [0.3, 0.4) is 0 Å². The third kappa shape index (κ3) is 9.67. The summed E-state index contributed by atoms with van der Waals surface area (Å²) in [6.45, 7) is 6.66. The fourth-order valence-corrected chi connectivity index (χ4v) is 2.49. The van der Waals surface area contributed by atoms with Crippen molar-refractivity contribution in [3.63, 3.8) is 0 Å². The maximum atomic E-state index is 12.2. The van der Waals surface area contributed by atoms with E-state index in [1.807, 2.05) is 0 Å². The van der Waals surface area contributed by atoms with Gasteiger partial charge in [-0.3, -0.25) is 4.79 Å². The van der Waals surface area contributed by atoms with E-state index in [0.29, 0.717) is 11.7 Å². The van der Waals surface area contributed by atoms with E-state index in [1.54, 1.807) is 0 Å². The summed E-state index contributed by atoms with van der Waals surface area (Å²) in [5.74, 6) is 0.923. The highest BCUT2D eigenvalue weighted by atomic mass is 16.1. The maximum Gasteiger partial charge on any atom is 0.135 e. The number of hydrogen-bond acceptors (Lipinski definition) is 1. The third-order valence-corrected chi connectivity index (χ3v) is 3.79. The van der Waals surface area contributed by atoms with Crippen LogP contribution < -0.4 is 0 Å². The van der Waals surface area contributed by atoms with Gasteiger partial charge in [-0.2, -0.15) is 0 Å². The van der Waals surface area contributed by atoms with E-state index < -0.39 is 0 Å². The minimum atomic E-state index is 0.374. The van der Waals surface area contributed by atoms with Crippen molar-refractivity contribution in [2.45, 2.75) is 97.8 Å². The summed E-state index contributed by atoms with van der Waals surface area (Å²) in [5, 5.41) is 0. The standard InChI is InChI=1S/C17H34O/c1-4-7-10-12-14-16(13-9-6-3)17(18)15-11-8-5-2/h16H,4-15H2,1-3H3. The molecule has 1 nitrogen and oxygen atoms in total. The number of unbranched alkanes of at least 4 members (excludes halogenated alkanes) is 6. The fourth-order valence-electron chi connectivity index (χ4n) is 2.49. The number of rotatable bonds is 13. The Labute approximate surface area is 115 Å². The lowest BCUT2D eigenvalue weighted by atomic mass is 9.89. The lowest BCUT2D eigenvalue weighted by Gasteiger charge is -2.15. The Balaban J connectivity index is 3.90. The monoisotopic (exact) mass is 254 g/mol. The zero-order valence-electron chi connectivity index (χ0n) is 13.0. The minimum absolute atomic E-state index is 0.374. The number of Topliss-reactive ketones (excluding diaryl/α,β-unsaturated/α-hetero) is 1. The van der Waals surface area contributed by atoms with Crippen molar-refractivity contribution in [1.82, 2.24) is 0 Å². The van der Waals surface area contributed by atoms with Gasteiger partial charge in [0, 0.05) is 12.3 Å². The second-order valence-electron chi connectivity index (χ2n) is 5.61. The van der Waals surface area contributed by atoms with Gasteiger partial charge in [-0.25, -0.2) is 0 Å². The Morgan fingerprint density at radius 2 is 1.28 bits per heavy atom. The lowest BCUT2D eigenvalue weighted by molar-refractivity contribution is -0.123. The number of ketones is 1. The predicted octanol–water partition coefficient (Wildman–Crippen LogP) is 5.91. The van der Waals surface area contributed by atoms with Crippen LogP contribution in [-0.4, -0.2) is 5.78 Å². The highest BCUT2D eigenvalue weighted by molar-refractivity contribution is 5.80. The number of carbonyl (C=O) groups is 1. The van der Waals surface area contributed by atoms with Crippen molar-refractivity contribution < 1.29 is 4.79 Å². The molecule has 0 rings (SSSR count). The molecule has 0 aromatic rings. The summed E-state index contributed by atoms with van der Waals surface area (Å²) in [7, 11) is 0. The van der Waals surface area contributed by atoms with E-state index in [2.05, 4.69) is 20.8 Å². The fraction of sp³-hybridized carbons (Fsp3) is 0.941. The highest BCUT2D eigenvalue weighted by Crippen LogP contribution is 2.20. The minimum Gasteiger partial charge on any atom is -0.299 e. The van der Waals surface area contributed by atoms with Crippen LogP contribution in [0.4, 0.5) is 0 Å². The first-order valence-corrected chi connectivity index (χ1v) is 8.28. The van der Waals surface area contributed by atoms with Crippen LogP contribution in [0.2, 0.25) is 0 Å². The molecule has 0 spiro atoms. The topological polar surface area (TPSA) is 17.1 Å². The van der Waals surface area contributed by atoms with Crippen LogP contribution in [0.5, 0.6) is 0 Å². The molecule has 1 unspecified atom stereocenters. The SMILES string of the molecule is CCCCCCC(CCCC)C(=O)CCCCC. The third-order valence-electron chi connectivity index (χ3n) is 3.79. The number of hydrogen-bond donors (Lipinski definition) is 0. The Morgan fingerprint density at radius 1 is 0.722 bits per heavy atom. The molecule has 0 saturated carbocycles. The molecule has 0 N–H and O–H groups in total. The van der Waals surface area contributed by atoms with Gasteiger partial charge in [-0.1, -0.05) is 72.1 Å². The molecule has 18 heavy (non-hydrogen) atoms. The molecule has 0 aromatic carbocycles. The maximum absolute atomic E-state index is 12.2. The van der Waals surface area contributed by atoms with Gasteiger partial charge in [-0.15, -0.1) is 0 Å². The van der Waals surface area contributed by atoms with Crippen molar-refractivity contribution in [3.8, 4) is 0 Å². The summed E-state index contributed by atoms with van der Waals surface area (Å²) in [5.41, 5.74) is 0. The average Bonchev–Trinajstić information content (AvgIpc) is 2.38. The van der Waals surface area contributed by atoms with Gasteiger partial charge in [0.05, 0.1) is 0 Å². The quantitative estimate of drug-likeness (QED) is 0.373. The second kappa shape index (κ2) is 13.1. The number of carbonyl (C=O) groups excluding carboxylic acids is 1. The zero-order chi connectivity index (χ0) is 13.6. The van der Waals surface area contributed by atoms with Crippen molar-refractivity contribution in [1.29, 1.82) is 0 Å². The van der Waals surface area contributed by atoms with Crippen molar-refractivity contribution >= 4 is 5.78 Å². The average molecular weight is 254 g/mol. The van der Waals surface area contributed by atoms with Crippen molar-refractivity contribution in [2.75, 3.05) is 0 Å². The largest absolute Gasteiger partial charge is 0.299 e. The van der Waals surface area contributed by atoms with Gasteiger partial charge >= 0.3 is 0 Å². The highest BCUT2D eigenvalue weighted by Gasteiger charge is 2.16. The van der Waals surface area contributed by atoms with Gasteiger partial charge in [-0.05, 0) is 19.3 Å². The van der Waals surface area contributed by atoms with E-state index in [9.17, 15) is 4.79 Å². The molecular formula is C17H34O. The van der Waals surface area contributed by atoms with Gasteiger partial charge in [0.25, 0.3) is 0 Å². The first kappa shape index (κ1) is 17.7. The summed E-state index contributed by atoms with van der Waals surface area (Å²) in [6.07, 6.45) is 14.2. The van der Waals surface area contributed by atoms with Gasteiger partial charge in [0.2, 0.25) is 0 Å². The van der Waals surface area contributed by atoms with Crippen LogP contribution >= 0.6 is 0 Å². The Hall–Kier alpha value is -0.330. The van der Waals surface area contributed by atoms with Crippen LogP contribution in [0.25, 0.3) is 0 Å². The molecule has 0 fully saturated rings.